The van der Waals surface area contributed by atoms with Crippen molar-refractivity contribution >= 4 is 0 Å². The first-order valence-electron chi connectivity index (χ1n) is 8.77. The number of rotatable bonds is 10. The molecule has 0 amide bonds. The van der Waals surface area contributed by atoms with Crippen molar-refractivity contribution in [3.63, 3.8) is 0 Å². The quantitative estimate of drug-likeness (QED) is 0.410. The summed E-state index contributed by atoms with van der Waals surface area (Å²) in [6.45, 7) is 17.2. The lowest BCUT2D eigenvalue weighted by Crippen LogP contribution is -2.02. The van der Waals surface area contributed by atoms with Gasteiger partial charge in [-0.15, -0.1) is 0 Å². The van der Waals surface area contributed by atoms with Crippen LogP contribution >= 0.6 is 0 Å². The van der Waals surface area contributed by atoms with Gasteiger partial charge < -0.3 is 9.84 Å². The molecule has 0 aromatic heterocycles. The molecule has 132 valence electrons. The van der Waals surface area contributed by atoms with Gasteiger partial charge in [-0.25, -0.2) is 0 Å². The molecule has 0 radical (unpaired) electrons. The lowest BCUT2D eigenvalue weighted by Gasteiger charge is -2.07. The Kier molecular flexibility index (Phi) is 18.0. The average Bonchev–Trinajstić information content (AvgIpc) is 2.38. The van der Waals surface area contributed by atoms with Crippen LogP contribution in [0.2, 0.25) is 0 Å². The van der Waals surface area contributed by atoms with Gasteiger partial charge in [0, 0.05) is 13.2 Å². The Hall–Kier alpha value is -0.600. The lowest BCUT2D eigenvalue weighted by molar-refractivity contribution is 0.114. The number of hydrogen-bond donors (Lipinski definition) is 1. The molecule has 0 fully saturated rings. The summed E-state index contributed by atoms with van der Waals surface area (Å²) in [6, 6.07) is 0. The highest BCUT2D eigenvalue weighted by atomic mass is 16.5. The second-order valence-corrected chi connectivity index (χ2v) is 7.03. The van der Waals surface area contributed by atoms with Crippen molar-refractivity contribution in [2.24, 2.45) is 11.8 Å². The molecule has 0 atom stereocenters. The third kappa shape index (κ3) is 24.4. The minimum absolute atomic E-state index is 0.167. The van der Waals surface area contributed by atoms with E-state index in [0.29, 0.717) is 0 Å². The van der Waals surface area contributed by atoms with E-state index in [1.165, 1.54) is 24.0 Å². The Labute approximate surface area is 139 Å². The van der Waals surface area contributed by atoms with Crippen LogP contribution in [0.15, 0.2) is 23.3 Å². The zero-order valence-corrected chi connectivity index (χ0v) is 16.1. The van der Waals surface area contributed by atoms with E-state index >= 15 is 0 Å². The van der Waals surface area contributed by atoms with Crippen LogP contribution in [0.5, 0.6) is 0 Å². The molecule has 0 aliphatic heterocycles. The van der Waals surface area contributed by atoms with Crippen molar-refractivity contribution in [1.29, 1.82) is 0 Å². The van der Waals surface area contributed by atoms with Crippen molar-refractivity contribution in [1.82, 2.24) is 0 Å². The molecule has 0 heterocycles. The van der Waals surface area contributed by atoms with Crippen LogP contribution in [-0.4, -0.2) is 24.9 Å². The van der Waals surface area contributed by atoms with E-state index in [1.54, 1.807) is 0 Å². The van der Waals surface area contributed by atoms with Crippen LogP contribution in [0.25, 0.3) is 0 Å². The van der Waals surface area contributed by atoms with Crippen molar-refractivity contribution < 1.29 is 9.84 Å². The zero-order valence-electron chi connectivity index (χ0n) is 16.1. The van der Waals surface area contributed by atoms with Crippen molar-refractivity contribution in [2.75, 3.05) is 19.8 Å². The largest absolute Gasteiger partial charge is 0.392 e. The maximum absolute atomic E-state index is 8.55. The van der Waals surface area contributed by atoms with Gasteiger partial charge in [-0.05, 0) is 58.3 Å². The molecule has 0 bridgehead atoms. The van der Waals surface area contributed by atoms with E-state index in [0.717, 1.165) is 37.9 Å². The molecule has 0 saturated heterocycles. The fourth-order valence-electron chi connectivity index (χ4n) is 1.59. The molecule has 0 spiro atoms. The fourth-order valence-corrected chi connectivity index (χ4v) is 1.59. The van der Waals surface area contributed by atoms with Gasteiger partial charge in [0.05, 0.1) is 6.61 Å². The lowest BCUT2D eigenvalue weighted by atomic mass is 10.1. The fraction of sp³-hybridized carbons (Fsp3) is 0.800. The summed E-state index contributed by atoms with van der Waals surface area (Å²) in [5.41, 5.74) is 2.63. The molecule has 22 heavy (non-hydrogen) atoms. The van der Waals surface area contributed by atoms with Gasteiger partial charge in [-0.2, -0.15) is 0 Å². The van der Waals surface area contributed by atoms with E-state index in [4.69, 9.17) is 9.84 Å². The molecular weight excluding hydrogens is 272 g/mol. The molecule has 2 nitrogen and oxygen atoms in total. The molecule has 0 aromatic rings. The average molecular weight is 313 g/mol. The third-order valence-electron chi connectivity index (χ3n) is 3.21. The van der Waals surface area contributed by atoms with Crippen molar-refractivity contribution in [2.45, 2.75) is 74.1 Å². The van der Waals surface area contributed by atoms with Gasteiger partial charge >= 0.3 is 0 Å². The van der Waals surface area contributed by atoms with E-state index in [1.807, 2.05) is 6.08 Å². The van der Waals surface area contributed by atoms with E-state index in [9.17, 15) is 0 Å². The second kappa shape index (κ2) is 16.8. The Morgan fingerprint density at radius 2 is 1.41 bits per heavy atom. The van der Waals surface area contributed by atoms with Gasteiger partial charge in [0.25, 0.3) is 0 Å². The predicted octanol–water partition coefficient (Wildman–Crippen LogP) is 5.77. The van der Waals surface area contributed by atoms with Crippen LogP contribution in [-0.2, 0) is 4.74 Å². The summed E-state index contributed by atoms with van der Waals surface area (Å²) < 4.78 is 5.46. The summed E-state index contributed by atoms with van der Waals surface area (Å²) in [7, 11) is 0. The summed E-state index contributed by atoms with van der Waals surface area (Å²) in [4.78, 5) is 0. The highest BCUT2D eigenvalue weighted by Crippen LogP contribution is 2.05. The number of aliphatic hydroxyl groups excluding tert-OH is 1. The first-order valence-corrected chi connectivity index (χ1v) is 8.77. The minimum Gasteiger partial charge on any atom is -0.392 e. The zero-order chi connectivity index (χ0) is 17.4. The van der Waals surface area contributed by atoms with Crippen LogP contribution < -0.4 is 0 Å². The molecule has 1 N–H and O–H groups in total. The summed E-state index contributed by atoms with van der Waals surface area (Å²) in [5, 5.41) is 8.55. The van der Waals surface area contributed by atoms with Crippen LogP contribution in [0.1, 0.15) is 74.1 Å². The number of aliphatic hydroxyl groups is 1. The van der Waals surface area contributed by atoms with E-state index < -0.39 is 0 Å². The Balaban J connectivity index is 0. The summed E-state index contributed by atoms with van der Waals surface area (Å²) in [5.74, 6) is 1.54. The normalized spacial score (nSPS) is 11.5. The van der Waals surface area contributed by atoms with Gasteiger partial charge in [-0.1, -0.05) is 51.0 Å². The van der Waals surface area contributed by atoms with E-state index in [-0.39, 0.29) is 6.61 Å². The topological polar surface area (TPSA) is 29.5 Å². The van der Waals surface area contributed by atoms with Gasteiger partial charge in [0.1, 0.15) is 0 Å². The smallest absolute Gasteiger partial charge is 0.0614 e. The molecule has 0 aliphatic carbocycles. The number of hydrogen-bond acceptors (Lipinski definition) is 2. The Morgan fingerprint density at radius 3 is 1.77 bits per heavy atom. The SMILES string of the molecule is CC(C)=CCC/C(C)=C/CO.CC(C)CCOCCC(C)C. The first-order chi connectivity index (χ1) is 10.3. The maximum Gasteiger partial charge on any atom is 0.0614 e. The second-order valence-electron chi connectivity index (χ2n) is 7.03. The molecule has 0 rings (SSSR count). The van der Waals surface area contributed by atoms with E-state index in [2.05, 4.69) is 54.5 Å². The van der Waals surface area contributed by atoms with Crippen molar-refractivity contribution in [3.05, 3.63) is 23.3 Å². The molecule has 0 saturated carbocycles. The van der Waals surface area contributed by atoms with Crippen LogP contribution in [0.4, 0.5) is 0 Å². The van der Waals surface area contributed by atoms with Crippen LogP contribution in [0.3, 0.4) is 0 Å². The first kappa shape index (κ1) is 23.7. The highest BCUT2D eigenvalue weighted by Gasteiger charge is 1.95. The molecule has 0 aromatic carbocycles. The number of ether oxygens (including phenoxy) is 1. The van der Waals surface area contributed by atoms with Gasteiger partial charge in [0.15, 0.2) is 0 Å². The van der Waals surface area contributed by atoms with Crippen LogP contribution in [0, 0.1) is 11.8 Å². The van der Waals surface area contributed by atoms with Gasteiger partial charge in [0.2, 0.25) is 0 Å². The summed E-state index contributed by atoms with van der Waals surface area (Å²) in [6.07, 6.45) is 8.61. The molecule has 2 heteroatoms. The monoisotopic (exact) mass is 312 g/mol. The standard InChI is InChI=1S/C10H22O.C10H18O/c1-9(2)5-7-11-8-6-10(3)4;1-9(2)5-4-6-10(3)7-8-11/h9-10H,5-8H2,1-4H3;5,7,11H,4,6,8H2,1-3H3/b;10-7+. The highest BCUT2D eigenvalue weighted by molar-refractivity contribution is 5.01. The minimum atomic E-state index is 0.167. The molecule has 0 aliphatic rings. The molecule has 0 unspecified atom stereocenters. The van der Waals surface area contributed by atoms with Gasteiger partial charge in [-0.3, -0.25) is 0 Å². The van der Waals surface area contributed by atoms with Crippen molar-refractivity contribution in [3.8, 4) is 0 Å². The third-order valence-corrected chi connectivity index (χ3v) is 3.21. The number of allylic oxidation sites excluding steroid dienone is 3. The maximum atomic E-state index is 8.55. The predicted molar refractivity (Wildman–Crippen MR) is 99.2 cm³/mol. The Morgan fingerprint density at radius 1 is 0.909 bits per heavy atom. The Bertz CT molecular complexity index is 274. The summed E-state index contributed by atoms with van der Waals surface area (Å²) >= 11 is 0. The molecular formula is C20H40O2.